The Hall–Kier alpha value is -0.940. The summed E-state index contributed by atoms with van der Waals surface area (Å²) < 4.78 is 5.82. The molecule has 0 unspecified atom stereocenters. The SMILES string of the molecule is O=C(O)CCCC/C=C\C[C@@H]1[C@@H](COc2cc(Cl)cc(Cl)c2)[C@H](O)C[C@H]1Cl. The molecular formula is C20H25Cl3O4. The van der Waals surface area contributed by atoms with E-state index in [0.717, 1.165) is 19.3 Å². The lowest BCUT2D eigenvalue weighted by atomic mass is 9.92. The Bertz CT molecular complexity index is 630. The highest BCUT2D eigenvalue weighted by molar-refractivity contribution is 6.34. The van der Waals surface area contributed by atoms with Crippen molar-refractivity contribution in [1.29, 1.82) is 0 Å². The molecule has 0 saturated heterocycles. The van der Waals surface area contributed by atoms with Crippen molar-refractivity contribution in [2.24, 2.45) is 11.8 Å². The van der Waals surface area contributed by atoms with Crippen molar-refractivity contribution in [2.45, 2.75) is 50.0 Å². The van der Waals surface area contributed by atoms with E-state index in [9.17, 15) is 9.90 Å². The van der Waals surface area contributed by atoms with Gasteiger partial charge in [-0.15, -0.1) is 11.6 Å². The fourth-order valence-electron chi connectivity index (χ4n) is 3.40. The Balaban J connectivity index is 1.83. The fourth-order valence-corrected chi connectivity index (χ4v) is 4.38. The van der Waals surface area contributed by atoms with Crippen LogP contribution in [0.2, 0.25) is 10.0 Å². The van der Waals surface area contributed by atoms with Gasteiger partial charge in [0.15, 0.2) is 0 Å². The number of halogens is 3. The lowest BCUT2D eigenvalue weighted by molar-refractivity contribution is -0.137. The van der Waals surface area contributed by atoms with E-state index in [1.54, 1.807) is 18.2 Å². The largest absolute Gasteiger partial charge is 0.493 e. The number of unbranched alkanes of at least 4 members (excludes halogenated alkanes) is 2. The third-order valence-electron chi connectivity index (χ3n) is 4.84. The van der Waals surface area contributed by atoms with Crippen LogP contribution in [0.4, 0.5) is 0 Å². The summed E-state index contributed by atoms with van der Waals surface area (Å²) in [7, 11) is 0. The topological polar surface area (TPSA) is 66.8 Å². The first-order valence-corrected chi connectivity index (χ1v) is 10.3. The highest BCUT2D eigenvalue weighted by Gasteiger charge is 2.41. The number of carboxylic acids is 1. The van der Waals surface area contributed by atoms with E-state index in [2.05, 4.69) is 12.2 Å². The summed E-state index contributed by atoms with van der Waals surface area (Å²) in [6, 6.07) is 5.03. The van der Waals surface area contributed by atoms with Crippen LogP contribution in [0.25, 0.3) is 0 Å². The molecule has 1 saturated carbocycles. The molecule has 0 spiro atoms. The van der Waals surface area contributed by atoms with Crippen molar-refractivity contribution in [3.63, 3.8) is 0 Å². The first kappa shape index (κ1) is 22.4. The molecule has 0 aromatic heterocycles. The quantitative estimate of drug-likeness (QED) is 0.286. The molecule has 27 heavy (non-hydrogen) atoms. The lowest BCUT2D eigenvalue weighted by Gasteiger charge is -2.22. The second-order valence-electron chi connectivity index (χ2n) is 6.91. The number of hydrogen-bond acceptors (Lipinski definition) is 3. The number of carbonyl (C=O) groups is 1. The molecule has 2 rings (SSSR count). The van der Waals surface area contributed by atoms with Crippen molar-refractivity contribution < 1.29 is 19.7 Å². The van der Waals surface area contributed by atoms with E-state index in [1.807, 2.05) is 0 Å². The van der Waals surface area contributed by atoms with E-state index in [1.165, 1.54) is 0 Å². The standard InChI is InChI=1S/C20H25Cl3O4/c21-13-8-14(22)10-15(9-13)27-12-17-16(18(23)11-19(17)24)6-4-2-1-3-5-7-20(25)26/h2,4,8-10,16-19,24H,1,3,5-7,11-12H2,(H,25,26)/b4-2-/t16-,17-,18-,19-/m1/s1. The van der Waals surface area contributed by atoms with Gasteiger partial charge in [-0.25, -0.2) is 0 Å². The van der Waals surface area contributed by atoms with Gasteiger partial charge in [0, 0.05) is 27.8 Å². The fraction of sp³-hybridized carbons (Fsp3) is 0.550. The van der Waals surface area contributed by atoms with Crippen LogP contribution in [0.3, 0.4) is 0 Å². The number of aliphatic carboxylic acids is 1. The van der Waals surface area contributed by atoms with E-state index >= 15 is 0 Å². The molecule has 1 aromatic carbocycles. The normalized spacial score (nSPS) is 25.2. The molecule has 0 heterocycles. The molecule has 4 atom stereocenters. The molecule has 2 N–H and O–H groups in total. The maximum absolute atomic E-state index is 10.5. The summed E-state index contributed by atoms with van der Waals surface area (Å²) in [6.07, 6.45) is 7.51. The number of hydrogen-bond donors (Lipinski definition) is 2. The van der Waals surface area contributed by atoms with Crippen molar-refractivity contribution >= 4 is 40.8 Å². The molecule has 0 bridgehead atoms. The molecule has 7 heteroatoms. The van der Waals surface area contributed by atoms with E-state index in [4.69, 9.17) is 44.6 Å². The molecule has 0 amide bonds. The number of rotatable bonds is 10. The highest BCUT2D eigenvalue weighted by atomic mass is 35.5. The maximum Gasteiger partial charge on any atom is 0.303 e. The van der Waals surface area contributed by atoms with E-state index in [-0.39, 0.29) is 23.6 Å². The van der Waals surface area contributed by atoms with Gasteiger partial charge >= 0.3 is 5.97 Å². The van der Waals surface area contributed by atoms with Gasteiger partial charge in [0.2, 0.25) is 0 Å². The Morgan fingerprint density at radius 3 is 2.52 bits per heavy atom. The van der Waals surface area contributed by atoms with E-state index in [0.29, 0.717) is 35.2 Å². The number of allylic oxidation sites excluding steroid dienone is 2. The number of ether oxygens (including phenoxy) is 1. The first-order valence-electron chi connectivity index (χ1n) is 9.14. The van der Waals surface area contributed by atoms with Crippen molar-refractivity contribution in [1.82, 2.24) is 0 Å². The predicted octanol–water partition coefficient (Wildman–Crippen LogP) is 5.57. The average molecular weight is 436 g/mol. The van der Waals surface area contributed by atoms with Crippen LogP contribution in [0.15, 0.2) is 30.4 Å². The van der Waals surface area contributed by atoms with Crippen molar-refractivity contribution in [3.05, 3.63) is 40.4 Å². The molecular weight excluding hydrogens is 411 g/mol. The van der Waals surface area contributed by atoms with Crippen molar-refractivity contribution in [3.8, 4) is 5.75 Å². The number of benzene rings is 1. The Labute approximate surface area is 175 Å². The molecule has 0 aliphatic heterocycles. The minimum atomic E-state index is -0.757. The monoisotopic (exact) mass is 434 g/mol. The molecule has 1 aromatic rings. The first-order chi connectivity index (χ1) is 12.9. The maximum atomic E-state index is 10.5. The minimum absolute atomic E-state index is 0.0677. The Morgan fingerprint density at radius 2 is 1.85 bits per heavy atom. The van der Waals surface area contributed by atoms with Gasteiger partial charge in [-0.3, -0.25) is 4.79 Å². The zero-order valence-electron chi connectivity index (χ0n) is 15.0. The zero-order chi connectivity index (χ0) is 19.8. The second-order valence-corrected chi connectivity index (χ2v) is 8.34. The summed E-state index contributed by atoms with van der Waals surface area (Å²) in [4.78, 5) is 10.5. The summed E-state index contributed by atoms with van der Waals surface area (Å²) in [5.74, 6) is -0.133. The molecule has 1 aliphatic carbocycles. The summed E-state index contributed by atoms with van der Waals surface area (Å²) in [6.45, 7) is 0.345. The zero-order valence-corrected chi connectivity index (χ0v) is 17.3. The van der Waals surface area contributed by atoms with Crippen LogP contribution >= 0.6 is 34.8 Å². The Morgan fingerprint density at radius 1 is 1.15 bits per heavy atom. The summed E-state index contributed by atoms with van der Waals surface area (Å²) in [5.41, 5.74) is 0. The molecule has 0 radical (unpaired) electrons. The molecule has 4 nitrogen and oxygen atoms in total. The number of aliphatic hydroxyl groups is 1. The van der Waals surface area contributed by atoms with Gasteiger partial charge < -0.3 is 14.9 Å². The summed E-state index contributed by atoms with van der Waals surface area (Å²) >= 11 is 18.4. The van der Waals surface area contributed by atoms with Gasteiger partial charge in [0.05, 0.1) is 12.7 Å². The highest BCUT2D eigenvalue weighted by Crippen LogP contribution is 2.39. The smallest absolute Gasteiger partial charge is 0.303 e. The van der Waals surface area contributed by atoms with Crippen LogP contribution in [-0.4, -0.2) is 34.3 Å². The third-order valence-corrected chi connectivity index (χ3v) is 5.78. The van der Waals surface area contributed by atoms with Crippen LogP contribution in [-0.2, 0) is 4.79 Å². The lowest BCUT2D eigenvalue weighted by Crippen LogP contribution is -2.27. The van der Waals surface area contributed by atoms with Gasteiger partial charge in [0.1, 0.15) is 5.75 Å². The Kier molecular flexibility index (Phi) is 9.24. The van der Waals surface area contributed by atoms with Crippen LogP contribution in [0.1, 0.15) is 38.5 Å². The van der Waals surface area contributed by atoms with Crippen molar-refractivity contribution in [2.75, 3.05) is 6.61 Å². The number of carboxylic acid groups (broad SMARTS) is 1. The second kappa shape index (κ2) is 11.2. The third kappa shape index (κ3) is 7.53. The van der Waals surface area contributed by atoms with Crippen LogP contribution in [0.5, 0.6) is 5.75 Å². The minimum Gasteiger partial charge on any atom is -0.493 e. The average Bonchev–Trinajstić information content (AvgIpc) is 2.84. The molecule has 1 fully saturated rings. The molecule has 150 valence electrons. The van der Waals surface area contributed by atoms with Crippen LogP contribution < -0.4 is 4.74 Å². The van der Waals surface area contributed by atoms with Gasteiger partial charge in [-0.1, -0.05) is 35.4 Å². The molecule has 1 aliphatic rings. The van der Waals surface area contributed by atoms with Gasteiger partial charge in [0.25, 0.3) is 0 Å². The van der Waals surface area contributed by atoms with Gasteiger partial charge in [-0.2, -0.15) is 0 Å². The predicted molar refractivity (Wildman–Crippen MR) is 109 cm³/mol. The number of aliphatic hydroxyl groups excluding tert-OH is 1. The summed E-state index contributed by atoms with van der Waals surface area (Å²) in [5, 5.41) is 19.9. The van der Waals surface area contributed by atoms with Crippen LogP contribution in [0, 0.1) is 11.8 Å². The van der Waals surface area contributed by atoms with Gasteiger partial charge in [-0.05, 0) is 56.2 Å². The number of alkyl halides is 1. The van der Waals surface area contributed by atoms with E-state index < -0.39 is 12.1 Å².